The van der Waals surface area contributed by atoms with Gasteiger partial charge in [0.2, 0.25) is 0 Å². The number of fused-ring (bicyclic) bond motifs is 1. The van der Waals surface area contributed by atoms with Gasteiger partial charge >= 0.3 is 0 Å². The molecule has 0 saturated carbocycles. The molecule has 1 saturated heterocycles. The van der Waals surface area contributed by atoms with E-state index < -0.39 is 0 Å². The second-order valence-electron chi connectivity index (χ2n) is 6.82. The highest BCUT2D eigenvalue weighted by molar-refractivity contribution is 7.98. The van der Waals surface area contributed by atoms with Crippen LogP contribution in [0.5, 0.6) is 0 Å². The molecular formula is C21H21ClN2O2S2. The SMILES string of the molecule is CSc1cccc(C(=O)N(CC2CCCO2)c2nc3c(C)ccc(Cl)c3s2)c1. The van der Waals surface area contributed by atoms with Crippen molar-refractivity contribution in [3.05, 3.63) is 52.5 Å². The molecule has 2 heterocycles. The smallest absolute Gasteiger partial charge is 0.260 e. The number of halogens is 1. The summed E-state index contributed by atoms with van der Waals surface area (Å²) < 4.78 is 6.73. The first kappa shape index (κ1) is 19.7. The van der Waals surface area contributed by atoms with Crippen LogP contribution in [-0.4, -0.2) is 36.4 Å². The van der Waals surface area contributed by atoms with Gasteiger partial charge < -0.3 is 4.74 Å². The van der Waals surface area contributed by atoms with E-state index in [4.69, 9.17) is 21.3 Å². The number of thioether (sulfide) groups is 1. The van der Waals surface area contributed by atoms with Crippen molar-refractivity contribution >= 4 is 56.0 Å². The average Bonchev–Trinajstić information content (AvgIpc) is 3.39. The molecule has 4 nitrogen and oxygen atoms in total. The monoisotopic (exact) mass is 432 g/mol. The molecule has 4 rings (SSSR count). The Kier molecular flexibility index (Phi) is 5.92. The minimum Gasteiger partial charge on any atom is -0.376 e. The number of amides is 1. The number of rotatable bonds is 5. The zero-order valence-corrected chi connectivity index (χ0v) is 18.2. The molecule has 0 radical (unpaired) electrons. The lowest BCUT2D eigenvalue weighted by Crippen LogP contribution is -2.37. The van der Waals surface area contributed by atoms with E-state index in [1.807, 2.05) is 49.6 Å². The minimum absolute atomic E-state index is 0.0382. The Labute approximate surface area is 177 Å². The third kappa shape index (κ3) is 3.92. The van der Waals surface area contributed by atoms with Gasteiger partial charge in [0.15, 0.2) is 5.13 Å². The molecule has 2 aromatic carbocycles. The number of aryl methyl sites for hydroxylation is 1. The number of thiazole rings is 1. The number of ether oxygens (including phenoxy) is 1. The molecule has 1 fully saturated rings. The fraction of sp³-hybridized carbons (Fsp3) is 0.333. The Morgan fingerprint density at radius 1 is 1.39 bits per heavy atom. The number of carbonyl (C=O) groups is 1. The van der Waals surface area contributed by atoms with Gasteiger partial charge in [-0.25, -0.2) is 4.98 Å². The fourth-order valence-electron chi connectivity index (χ4n) is 3.36. The number of nitrogens with zero attached hydrogens (tertiary/aromatic N) is 2. The Morgan fingerprint density at radius 2 is 2.25 bits per heavy atom. The molecule has 1 aliphatic heterocycles. The van der Waals surface area contributed by atoms with E-state index in [-0.39, 0.29) is 12.0 Å². The van der Waals surface area contributed by atoms with Crippen molar-refractivity contribution in [3.63, 3.8) is 0 Å². The van der Waals surface area contributed by atoms with Gasteiger partial charge in [-0.05, 0) is 55.9 Å². The number of hydrogen-bond donors (Lipinski definition) is 0. The largest absolute Gasteiger partial charge is 0.376 e. The molecular weight excluding hydrogens is 412 g/mol. The van der Waals surface area contributed by atoms with Crippen LogP contribution in [0.4, 0.5) is 5.13 Å². The molecule has 1 aromatic heterocycles. The van der Waals surface area contributed by atoms with E-state index >= 15 is 0 Å². The molecule has 7 heteroatoms. The molecule has 1 unspecified atom stereocenters. The van der Waals surface area contributed by atoms with Crippen LogP contribution in [0.15, 0.2) is 41.3 Å². The lowest BCUT2D eigenvalue weighted by molar-refractivity contribution is 0.0917. The molecule has 1 aliphatic rings. The predicted molar refractivity (Wildman–Crippen MR) is 118 cm³/mol. The summed E-state index contributed by atoms with van der Waals surface area (Å²) in [5.74, 6) is -0.0563. The maximum atomic E-state index is 13.4. The quantitative estimate of drug-likeness (QED) is 0.477. The fourth-order valence-corrected chi connectivity index (χ4v) is 5.14. The topological polar surface area (TPSA) is 42.4 Å². The summed E-state index contributed by atoms with van der Waals surface area (Å²) in [6, 6.07) is 11.6. The Morgan fingerprint density at radius 3 is 2.96 bits per heavy atom. The first-order valence-electron chi connectivity index (χ1n) is 9.20. The van der Waals surface area contributed by atoms with Crippen LogP contribution in [0.2, 0.25) is 5.02 Å². The van der Waals surface area contributed by atoms with Crippen LogP contribution in [-0.2, 0) is 4.74 Å². The first-order chi connectivity index (χ1) is 13.6. The average molecular weight is 433 g/mol. The van der Waals surface area contributed by atoms with Crippen LogP contribution >= 0.6 is 34.7 Å². The summed E-state index contributed by atoms with van der Waals surface area (Å²) in [7, 11) is 0. The van der Waals surface area contributed by atoms with E-state index in [0.717, 1.165) is 40.1 Å². The second-order valence-corrected chi connectivity index (χ2v) is 9.09. The number of carbonyl (C=O) groups excluding carboxylic acids is 1. The minimum atomic E-state index is -0.0563. The van der Waals surface area contributed by atoms with E-state index in [0.29, 0.717) is 22.3 Å². The van der Waals surface area contributed by atoms with Crippen molar-refractivity contribution < 1.29 is 9.53 Å². The van der Waals surface area contributed by atoms with Crippen LogP contribution in [0.3, 0.4) is 0 Å². The number of benzene rings is 2. The maximum Gasteiger partial charge on any atom is 0.260 e. The molecule has 1 amide bonds. The second kappa shape index (κ2) is 8.41. The molecule has 0 spiro atoms. The third-order valence-electron chi connectivity index (χ3n) is 4.89. The maximum absolute atomic E-state index is 13.4. The lowest BCUT2D eigenvalue weighted by Gasteiger charge is -2.23. The normalized spacial score (nSPS) is 16.6. The van der Waals surface area contributed by atoms with Gasteiger partial charge in [-0.2, -0.15) is 0 Å². The number of hydrogen-bond acceptors (Lipinski definition) is 5. The van der Waals surface area contributed by atoms with Crippen LogP contribution < -0.4 is 4.90 Å². The first-order valence-corrected chi connectivity index (χ1v) is 11.6. The van der Waals surface area contributed by atoms with Gasteiger partial charge in [-0.15, -0.1) is 11.8 Å². The van der Waals surface area contributed by atoms with Crippen molar-refractivity contribution in [3.8, 4) is 0 Å². The number of anilines is 1. The van der Waals surface area contributed by atoms with Crippen molar-refractivity contribution in [2.75, 3.05) is 24.3 Å². The lowest BCUT2D eigenvalue weighted by atomic mass is 10.2. The molecule has 28 heavy (non-hydrogen) atoms. The van der Waals surface area contributed by atoms with Gasteiger partial charge in [0.1, 0.15) is 0 Å². The van der Waals surface area contributed by atoms with Crippen LogP contribution in [0, 0.1) is 6.92 Å². The van der Waals surface area contributed by atoms with Crippen molar-refractivity contribution in [2.24, 2.45) is 0 Å². The summed E-state index contributed by atoms with van der Waals surface area (Å²) in [6.45, 7) is 3.26. The molecule has 0 aliphatic carbocycles. The molecule has 146 valence electrons. The highest BCUT2D eigenvalue weighted by Crippen LogP contribution is 2.36. The Bertz CT molecular complexity index is 976. The molecule has 3 aromatic rings. The van der Waals surface area contributed by atoms with Crippen molar-refractivity contribution in [1.82, 2.24) is 4.98 Å². The standard InChI is InChI=1S/C21H21ClN2O2S2/c1-13-8-9-17(22)19-18(13)23-21(28-19)24(12-15-6-4-10-26-15)20(25)14-5-3-7-16(11-14)27-2/h3,5,7-9,11,15H,4,6,10,12H2,1-2H3. The van der Waals surface area contributed by atoms with Gasteiger partial charge in [0.05, 0.1) is 27.9 Å². The summed E-state index contributed by atoms with van der Waals surface area (Å²) in [4.78, 5) is 21.0. The van der Waals surface area contributed by atoms with E-state index in [1.165, 1.54) is 11.3 Å². The zero-order chi connectivity index (χ0) is 19.7. The Balaban J connectivity index is 1.75. The Hall–Kier alpha value is -1.60. The predicted octanol–water partition coefficient (Wildman–Crippen LogP) is 5.81. The third-order valence-corrected chi connectivity index (χ3v) is 7.15. The van der Waals surface area contributed by atoms with Gasteiger partial charge in [0, 0.05) is 17.1 Å². The highest BCUT2D eigenvalue weighted by atomic mass is 35.5. The van der Waals surface area contributed by atoms with Gasteiger partial charge in [-0.1, -0.05) is 35.1 Å². The summed E-state index contributed by atoms with van der Waals surface area (Å²) >= 11 is 9.48. The number of aromatic nitrogens is 1. The highest BCUT2D eigenvalue weighted by Gasteiger charge is 2.27. The zero-order valence-electron chi connectivity index (χ0n) is 15.8. The molecule has 0 bridgehead atoms. The molecule has 0 N–H and O–H groups in total. The van der Waals surface area contributed by atoms with Crippen LogP contribution in [0.25, 0.3) is 10.2 Å². The molecule has 1 atom stereocenters. The summed E-state index contributed by atoms with van der Waals surface area (Å²) in [5, 5.41) is 1.33. The van der Waals surface area contributed by atoms with Crippen molar-refractivity contribution in [2.45, 2.75) is 30.8 Å². The summed E-state index contributed by atoms with van der Waals surface area (Å²) in [6.07, 6.45) is 4.03. The van der Waals surface area contributed by atoms with Crippen LogP contribution in [0.1, 0.15) is 28.8 Å². The van der Waals surface area contributed by atoms with Crippen molar-refractivity contribution in [1.29, 1.82) is 0 Å². The van der Waals surface area contributed by atoms with E-state index in [1.54, 1.807) is 16.7 Å². The van der Waals surface area contributed by atoms with E-state index in [9.17, 15) is 4.79 Å². The van der Waals surface area contributed by atoms with Gasteiger partial charge in [0.25, 0.3) is 5.91 Å². The van der Waals surface area contributed by atoms with E-state index in [2.05, 4.69) is 0 Å². The summed E-state index contributed by atoms with van der Waals surface area (Å²) in [5.41, 5.74) is 2.57. The van der Waals surface area contributed by atoms with Gasteiger partial charge in [-0.3, -0.25) is 9.69 Å².